The number of nitrogens with zero attached hydrogens (tertiary/aromatic N) is 5. The van der Waals surface area contributed by atoms with Gasteiger partial charge in [-0.3, -0.25) is 10.1 Å². The summed E-state index contributed by atoms with van der Waals surface area (Å²) in [5.74, 6) is 0.432. The molecule has 1 amide bonds. The van der Waals surface area contributed by atoms with E-state index in [9.17, 15) is 4.79 Å². The molecule has 0 unspecified atom stereocenters. The Labute approximate surface area is 144 Å². The number of nitrogens with one attached hydrogen (secondary N) is 1. The number of hydrogen-bond donors (Lipinski definition) is 1. The number of rotatable bonds is 6. The Morgan fingerprint density at radius 3 is 2.79 bits per heavy atom. The van der Waals surface area contributed by atoms with Crippen molar-refractivity contribution in [3.63, 3.8) is 0 Å². The number of morpholine rings is 1. The maximum Gasteiger partial charge on any atom is 0.278 e. The molecule has 8 nitrogen and oxygen atoms in total. The largest absolute Gasteiger partial charge is 0.378 e. The first kappa shape index (κ1) is 16.7. The lowest BCUT2D eigenvalue weighted by atomic mass is 10.3. The fourth-order valence-electron chi connectivity index (χ4n) is 2.30. The molecule has 2 aromatic rings. The summed E-state index contributed by atoms with van der Waals surface area (Å²) in [6, 6.07) is 3.48. The third-order valence-corrected chi connectivity index (χ3v) is 4.55. The highest BCUT2D eigenvalue weighted by molar-refractivity contribution is 7.15. The van der Waals surface area contributed by atoms with Crippen molar-refractivity contribution in [2.75, 3.05) is 36.5 Å². The van der Waals surface area contributed by atoms with Gasteiger partial charge in [-0.1, -0.05) is 24.7 Å². The van der Waals surface area contributed by atoms with Crippen LogP contribution in [0.4, 0.5) is 10.9 Å². The number of carbonyl (C=O) groups excluding carboxylic acids is 1. The van der Waals surface area contributed by atoms with E-state index in [1.807, 2.05) is 0 Å². The summed E-state index contributed by atoms with van der Waals surface area (Å²) in [7, 11) is 0. The number of ether oxygens (including phenoxy) is 1. The molecule has 2 aromatic heterocycles. The predicted molar refractivity (Wildman–Crippen MR) is 91.5 cm³/mol. The first-order valence-electron chi connectivity index (χ1n) is 8.06. The van der Waals surface area contributed by atoms with E-state index in [1.165, 1.54) is 11.3 Å². The van der Waals surface area contributed by atoms with Crippen LogP contribution in [-0.2, 0) is 11.2 Å². The maximum atomic E-state index is 12.2. The summed E-state index contributed by atoms with van der Waals surface area (Å²) in [6.45, 7) is 5.06. The van der Waals surface area contributed by atoms with Crippen LogP contribution in [0, 0.1) is 0 Å². The topological polar surface area (TPSA) is 93.1 Å². The molecule has 0 bridgehead atoms. The zero-order chi connectivity index (χ0) is 16.8. The van der Waals surface area contributed by atoms with Crippen molar-refractivity contribution in [1.82, 2.24) is 20.4 Å². The second-order valence-electron chi connectivity index (χ2n) is 5.43. The molecule has 1 N–H and O–H groups in total. The molecule has 3 heterocycles. The number of aromatic nitrogens is 4. The number of carbonyl (C=O) groups is 1. The van der Waals surface area contributed by atoms with Crippen LogP contribution < -0.4 is 10.2 Å². The molecular weight excluding hydrogens is 328 g/mol. The van der Waals surface area contributed by atoms with Gasteiger partial charge in [0.15, 0.2) is 11.5 Å². The molecule has 0 aliphatic carbocycles. The van der Waals surface area contributed by atoms with Crippen LogP contribution in [-0.4, -0.2) is 52.6 Å². The number of amides is 1. The normalized spacial score (nSPS) is 14.6. The van der Waals surface area contributed by atoms with Gasteiger partial charge in [0.2, 0.25) is 5.13 Å². The Kier molecular flexibility index (Phi) is 5.65. The Hall–Kier alpha value is -2.13. The van der Waals surface area contributed by atoms with Gasteiger partial charge in [0.05, 0.1) is 13.2 Å². The van der Waals surface area contributed by atoms with Crippen molar-refractivity contribution in [1.29, 1.82) is 0 Å². The van der Waals surface area contributed by atoms with Crippen LogP contribution in [0.25, 0.3) is 0 Å². The molecule has 0 saturated carbocycles. The van der Waals surface area contributed by atoms with Crippen LogP contribution in [0.3, 0.4) is 0 Å². The minimum absolute atomic E-state index is 0.261. The maximum absolute atomic E-state index is 12.2. The monoisotopic (exact) mass is 348 g/mol. The summed E-state index contributed by atoms with van der Waals surface area (Å²) in [4.78, 5) is 14.3. The van der Waals surface area contributed by atoms with Gasteiger partial charge in [-0.15, -0.1) is 20.4 Å². The highest BCUT2D eigenvalue weighted by Gasteiger charge is 2.15. The van der Waals surface area contributed by atoms with E-state index in [0.29, 0.717) is 18.3 Å². The molecule has 3 rings (SSSR count). The van der Waals surface area contributed by atoms with E-state index >= 15 is 0 Å². The minimum atomic E-state index is -0.325. The van der Waals surface area contributed by atoms with Gasteiger partial charge in [0.1, 0.15) is 5.01 Å². The molecule has 9 heteroatoms. The summed E-state index contributed by atoms with van der Waals surface area (Å²) in [5.41, 5.74) is 0.261. The quantitative estimate of drug-likeness (QED) is 0.850. The van der Waals surface area contributed by atoms with E-state index in [0.717, 1.165) is 43.2 Å². The average Bonchev–Trinajstić information content (AvgIpc) is 3.08. The van der Waals surface area contributed by atoms with Gasteiger partial charge in [-0.25, -0.2) is 0 Å². The molecule has 0 radical (unpaired) electrons. The molecule has 1 aliphatic rings. The van der Waals surface area contributed by atoms with E-state index in [2.05, 4.69) is 37.5 Å². The predicted octanol–water partition coefficient (Wildman–Crippen LogP) is 1.76. The third kappa shape index (κ3) is 4.24. The van der Waals surface area contributed by atoms with Crippen LogP contribution in [0.1, 0.15) is 35.3 Å². The molecule has 0 atom stereocenters. The molecular formula is C15H20N6O2S. The summed E-state index contributed by atoms with van der Waals surface area (Å²) in [5, 5.41) is 20.4. The average molecular weight is 348 g/mol. The first-order chi connectivity index (χ1) is 11.8. The van der Waals surface area contributed by atoms with Crippen LogP contribution in [0.15, 0.2) is 12.1 Å². The zero-order valence-corrected chi connectivity index (χ0v) is 14.4. The van der Waals surface area contributed by atoms with E-state index in [1.54, 1.807) is 12.1 Å². The summed E-state index contributed by atoms with van der Waals surface area (Å²) < 4.78 is 5.31. The molecule has 1 saturated heterocycles. The van der Waals surface area contributed by atoms with E-state index in [4.69, 9.17) is 4.74 Å². The van der Waals surface area contributed by atoms with E-state index in [-0.39, 0.29) is 11.6 Å². The summed E-state index contributed by atoms with van der Waals surface area (Å²) in [6.07, 6.45) is 3.06. The number of hydrogen-bond acceptors (Lipinski definition) is 8. The fourth-order valence-corrected chi connectivity index (χ4v) is 3.08. The number of anilines is 2. The van der Waals surface area contributed by atoms with Crippen molar-refractivity contribution in [2.24, 2.45) is 0 Å². The van der Waals surface area contributed by atoms with Crippen LogP contribution in [0.5, 0.6) is 0 Å². The standard InChI is InChI=1S/C15H20N6O2S/c1-2-3-4-13-19-20-15(24-13)16-14(22)11-5-6-12(18-17-11)21-7-9-23-10-8-21/h5-6H,2-4,7-10H2,1H3,(H,16,20,22). The number of aryl methyl sites for hydroxylation is 1. The zero-order valence-electron chi connectivity index (χ0n) is 13.6. The highest BCUT2D eigenvalue weighted by Crippen LogP contribution is 2.18. The lowest BCUT2D eigenvalue weighted by Gasteiger charge is -2.27. The second kappa shape index (κ2) is 8.11. The lowest BCUT2D eigenvalue weighted by Crippen LogP contribution is -2.37. The van der Waals surface area contributed by atoms with Crippen molar-refractivity contribution in [3.8, 4) is 0 Å². The minimum Gasteiger partial charge on any atom is -0.378 e. The molecule has 24 heavy (non-hydrogen) atoms. The van der Waals surface area contributed by atoms with Crippen LogP contribution in [0.2, 0.25) is 0 Å². The highest BCUT2D eigenvalue weighted by atomic mass is 32.1. The third-order valence-electron chi connectivity index (χ3n) is 3.65. The number of unbranched alkanes of at least 4 members (excludes halogenated alkanes) is 1. The SMILES string of the molecule is CCCCc1nnc(NC(=O)c2ccc(N3CCOCC3)nn2)s1. The molecule has 1 fully saturated rings. The van der Waals surface area contributed by atoms with Crippen molar-refractivity contribution in [3.05, 3.63) is 22.8 Å². The molecule has 128 valence electrons. The van der Waals surface area contributed by atoms with Crippen molar-refractivity contribution >= 4 is 28.2 Å². The van der Waals surface area contributed by atoms with E-state index < -0.39 is 0 Å². The first-order valence-corrected chi connectivity index (χ1v) is 8.88. The molecule has 0 aromatic carbocycles. The van der Waals surface area contributed by atoms with Gasteiger partial charge < -0.3 is 9.64 Å². The molecule has 1 aliphatic heterocycles. The Morgan fingerprint density at radius 2 is 2.08 bits per heavy atom. The van der Waals surface area contributed by atoms with Crippen LogP contribution >= 0.6 is 11.3 Å². The van der Waals surface area contributed by atoms with Gasteiger partial charge in [-0.2, -0.15) is 0 Å². The van der Waals surface area contributed by atoms with Crippen molar-refractivity contribution < 1.29 is 9.53 Å². The van der Waals surface area contributed by atoms with Crippen molar-refractivity contribution in [2.45, 2.75) is 26.2 Å². The Balaban J connectivity index is 1.59. The smallest absolute Gasteiger partial charge is 0.278 e. The van der Waals surface area contributed by atoms with Gasteiger partial charge >= 0.3 is 0 Å². The van der Waals surface area contributed by atoms with Gasteiger partial charge in [-0.05, 0) is 18.6 Å². The fraction of sp³-hybridized carbons (Fsp3) is 0.533. The Bertz CT molecular complexity index is 669. The lowest BCUT2D eigenvalue weighted by molar-refractivity contribution is 0.102. The Morgan fingerprint density at radius 1 is 1.25 bits per heavy atom. The second-order valence-corrected chi connectivity index (χ2v) is 6.50. The van der Waals surface area contributed by atoms with Gasteiger partial charge in [0, 0.05) is 19.5 Å². The molecule has 0 spiro atoms. The summed E-state index contributed by atoms with van der Waals surface area (Å²) >= 11 is 1.40. The van der Waals surface area contributed by atoms with Gasteiger partial charge in [0.25, 0.3) is 5.91 Å².